The first-order valence-corrected chi connectivity index (χ1v) is 7.54. The van der Waals surface area contributed by atoms with Crippen LogP contribution in [-0.4, -0.2) is 36.1 Å². The van der Waals surface area contributed by atoms with Crippen LogP contribution in [0.4, 0.5) is 11.6 Å². The van der Waals surface area contributed by atoms with E-state index in [1.54, 1.807) is 19.4 Å². The van der Waals surface area contributed by atoms with E-state index >= 15 is 0 Å². The molecule has 0 spiro atoms. The van der Waals surface area contributed by atoms with Crippen molar-refractivity contribution >= 4 is 17.5 Å². The van der Waals surface area contributed by atoms with E-state index in [2.05, 4.69) is 20.6 Å². The van der Waals surface area contributed by atoms with Crippen molar-refractivity contribution in [1.82, 2.24) is 9.97 Å². The zero-order valence-corrected chi connectivity index (χ0v) is 13.7. The van der Waals surface area contributed by atoms with E-state index in [0.717, 1.165) is 17.7 Å². The lowest BCUT2D eigenvalue weighted by Crippen LogP contribution is -2.16. The fraction of sp³-hybridized carbons (Fsp3) is 0.353. The van der Waals surface area contributed by atoms with Crippen molar-refractivity contribution in [2.75, 3.05) is 30.9 Å². The lowest BCUT2D eigenvalue weighted by atomic mass is 10.1. The molecule has 1 aromatic carbocycles. The highest BCUT2D eigenvalue weighted by Gasteiger charge is 2.09. The van der Waals surface area contributed by atoms with Gasteiger partial charge in [-0.3, -0.25) is 4.79 Å². The van der Waals surface area contributed by atoms with Crippen LogP contribution in [0.1, 0.15) is 28.0 Å². The standard InChI is InChI=1S/C17H22N4O2/c1-12-5-6-14(11-13(12)2)20-16(22)15-7-9-19-17(21-15)18-8-4-10-23-3/h5-7,9,11H,4,8,10H2,1-3H3,(H,20,22)(H,18,19,21). The van der Waals surface area contributed by atoms with Crippen molar-refractivity contribution < 1.29 is 9.53 Å². The molecule has 0 saturated heterocycles. The second-order valence-electron chi connectivity index (χ2n) is 5.29. The van der Waals surface area contributed by atoms with Gasteiger partial charge in [-0.05, 0) is 49.6 Å². The second kappa shape index (κ2) is 8.24. The molecular formula is C17H22N4O2. The number of hydrogen-bond acceptors (Lipinski definition) is 5. The number of hydrogen-bond donors (Lipinski definition) is 2. The number of benzene rings is 1. The number of nitrogens with one attached hydrogen (secondary N) is 2. The summed E-state index contributed by atoms with van der Waals surface area (Å²) in [5, 5.41) is 5.93. The number of carbonyl (C=O) groups is 1. The summed E-state index contributed by atoms with van der Waals surface area (Å²) in [5.41, 5.74) is 3.40. The van der Waals surface area contributed by atoms with Gasteiger partial charge in [0, 0.05) is 32.1 Å². The van der Waals surface area contributed by atoms with Crippen molar-refractivity contribution in [3.8, 4) is 0 Å². The molecule has 0 fully saturated rings. The third kappa shape index (κ3) is 5.03. The number of methoxy groups -OCH3 is 1. The molecule has 23 heavy (non-hydrogen) atoms. The van der Waals surface area contributed by atoms with Gasteiger partial charge in [0.25, 0.3) is 5.91 Å². The van der Waals surface area contributed by atoms with Crippen LogP contribution in [0.2, 0.25) is 0 Å². The zero-order valence-electron chi connectivity index (χ0n) is 13.7. The van der Waals surface area contributed by atoms with E-state index in [0.29, 0.717) is 24.8 Å². The molecular weight excluding hydrogens is 292 g/mol. The summed E-state index contributed by atoms with van der Waals surface area (Å²) in [5.74, 6) is 0.185. The Kier molecular flexibility index (Phi) is 6.05. The summed E-state index contributed by atoms with van der Waals surface area (Å²) in [6, 6.07) is 7.40. The Morgan fingerprint density at radius 1 is 1.22 bits per heavy atom. The maximum Gasteiger partial charge on any atom is 0.274 e. The number of aryl methyl sites for hydroxylation is 2. The van der Waals surface area contributed by atoms with Crippen molar-refractivity contribution in [3.05, 3.63) is 47.3 Å². The third-order valence-corrected chi connectivity index (χ3v) is 3.46. The van der Waals surface area contributed by atoms with Crippen LogP contribution in [0.15, 0.2) is 30.5 Å². The molecule has 0 radical (unpaired) electrons. The highest BCUT2D eigenvalue weighted by atomic mass is 16.5. The van der Waals surface area contributed by atoms with Gasteiger partial charge in [-0.2, -0.15) is 0 Å². The molecule has 122 valence electrons. The molecule has 0 atom stereocenters. The minimum Gasteiger partial charge on any atom is -0.385 e. The van der Waals surface area contributed by atoms with E-state index in [1.165, 1.54) is 5.56 Å². The molecule has 6 nitrogen and oxygen atoms in total. The number of ether oxygens (including phenoxy) is 1. The number of rotatable bonds is 7. The summed E-state index contributed by atoms with van der Waals surface area (Å²) in [6.45, 7) is 5.40. The minimum atomic E-state index is -0.254. The smallest absolute Gasteiger partial charge is 0.274 e. The average Bonchev–Trinajstić information content (AvgIpc) is 2.55. The van der Waals surface area contributed by atoms with Gasteiger partial charge >= 0.3 is 0 Å². The molecule has 0 unspecified atom stereocenters. The summed E-state index contributed by atoms with van der Waals surface area (Å²) >= 11 is 0. The summed E-state index contributed by atoms with van der Waals surface area (Å²) in [6.07, 6.45) is 2.42. The Hall–Kier alpha value is -2.47. The van der Waals surface area contributed by atoms with Crippen LogP contribution in [-0.2, 0) is 4.74 Å². The van der Waals surface area contributed by atoms with E-state index in [-0.39, 0.29) is 5.91 Å². The first kappa shape index (κ1) is 16.9. The van der Waals surface area contributed by atoms with Crippen molar-refractivity contribution in [2.45, 2.75) is 20.3 Å². The normalized spacial score (nSPS) is 10.4. The highest BCUT2D eigenvalue weighted by molar-refractivity contribution is 6.03. The Morgan fingerprint density at radius 3 is 2.78 bits per heavy atom. The molecule has 0 saturated carbocycles. The number of nitrogens with zero attached hydrogens (tertiary/aromatic N) is 2. The zero-order chi connectivity index (χ0) is 16.7. The first-order valence-electron chi connectivity index (χ1n) is 7.54. The fourth-order valence-electron chi connectivity index (χ4n) is 2.00. The van der Waals surface area contributed by atoms with Crippen LogP contribution in [0, 0.1) is 13.8 Å². The third-order valence-electron chi connectivity index (χ3n) is 3.46. The Labute approximate surface area is 136 Å². The lowest BCUT2D eigenvalue weighted by Gasteiger charge is -2.08. The molecule has 2 rings (SSSR count). The van der Waals surface area contributed by atoms with E-state index < -0.39 is 0 Å². The van der Waals surface area contributed by atoms with Gasteiger partial charge in [0.05, 0.1) is 0 Å². The maximum absolute atomic E-state index is 12.3. The second-order valence-corrected chi connectivity index (χ2v) is 5.29. The molecule has 1 amide bonds. The van der Waals surface area contributed by atoms with Gasteiger partial charge in [-0.15, -0.1) is 0 Å². The van der Waals surface area contributed by atoms with Crippen LogP contribution < -0.4 is 10.6 Å². The number of amides is 1. The van der Waals surface area contributed by atoms with E-state index in [1.807, 2.05) is 32.0 Å². The topological polar surface area (TPSA) is 76.1 Å². The van der Waals surface area contributed by atoms with Crippen LogP contribution >= 0.6 is 0 Å². The summed E-state index contributed by atoms with van der Waals surface area (Å²) < 4.78 is 4.98. The van der Waals surface area contributed by atoms with Gasteiger partial charge in [-0.25, -0.2) is 9.97 Å². The predicted octanol–water partition coefficient (Wildman–Crippen LogP) is 2.79. The molecule has 6 heteroatoms. The fourth-order valence-corrected chi connectivity index (χ4v) is 2.00. The van der Waals surface area contributed by atoms with E-state index in [4.69, 9.17) is 4.74 Å². The SMILES string of the molecule is COCCCNc1nccc(C(=O)Nc2ccc(C)c(C)c2)n1. The Balaban J connectivity index is 2.00. The average molecular weight is 314 g/mol. The molecule has 0 aliphatic heterocycles. The molecule has 0 aliphatic rings. The van der Waals surface area contributed by atoms with Crippen molar-refractivity contribution in [2.24, 2.45) is 0 Å². The molecule has 0 bridgehead atoms. The molecule has 2 N–H and O–H groups in total. The minimum absolute atomic E-state index is 0.254. The van der Waals surface area contributed by atoms with Crippen molar-refractivity contribution in [3.63, 3.8) is 0 Å². The Bertz CT molecular complexity index is 673. The Morgan fingerprint density at radius 2 is 2.04 bits per heavy atom. The van der Waals surface area contributed by atoms with Gasteiger partial charge in [-0.1, -0.05) is 6.07 Å². The molecule has 1 heterocycles. The van der Waals surface area contributed by atoms with E-state index in [9.17, 15) is 4.79 Å². The van der Waals surface area contributed by atoms with Gasteiger partial charge in [0.1, 0.15) is 5.69 Å². The van der Waals surface area contributed by atoms with Gasteiger partial charge in [0.15, 0.2) is 0 Å². The van der Waals surface area contributed by atoms with Gasteiger partial charge < -0.3 is 15.4 Å². The number of aromatic nitrogens is 2. The van der Waals surface area contributed by atoms with Gasteiger partial charge in [0.2, 0.25) is 5.95 Å². The van der Waals surface area contributed by atoms with Crippen LogP contribution in [0.25, 0.3) is 0 Å². The maximum atomic E-state index is 12.3. The predicted molar refractivity (Wildman–Crippen MR) is 90.9 cm³/mol. The summed E-state index contributed by atoms with van der Waals surface area (Å²) in [4.78, 5) is 20.6. The number of anilines is 2. The molecule has 0 aliphatic carbocycles. The quantitative estimate of drug-likeness (QED) is 0.769. The van der Waals surface area contributed by atoms with Crippen molar-refractivity contribution in [1.29, 1.82) is 0 Å². The summed E-state index contributed by atoms with van der Waals surface area (Å²) in [7, 11) is 1.66. The largest absolute Gasteiger partial charge is 0.385 e. The molecule has 1 aromatic heterocycles. The monoisotopic (exact) mass is 314 g/mol. The highest BCUT2D eigenvalue weighted by Crippen LogP contribution is 2.15. The number of carbonyl (C=O) groups excluding carboxylic acids is 1. The first-order chi connectivity index (χ1) is 11.1. The molecule has 2 aromatic rings. The lowest BCUT2D eigenvalue weighted by molar-refractivity contribution is 0.102. The van der Waals surface area contributed by atoms with Crippen LogP contribution in [0.3, 0.4) is 0 Å². The van der Waals surface area contributed by atoms with Crippen LogP contribution in [0.5, 0.6) is 0 Å².